The third-order valence-corrected chi connectivity index (χ3v) is 21.5. The van der Waals surface area contributed by atoms with E-state index in [0.717, 1.165) is 84.5 Å². The van der Waals surface area contributed by atoms with E-state index in [0.29, 0.717) is 0 Å². The van der Waals surface area contributed by atoms with Gasteiger partial charge < -0.3 is 0 Å². The molecule has 0 fully saturated rings. The van der Waals surface area contributed by atoms with Crippen LogP contribution in [0.3, 0.4) is 0 Å². The Morgan fingerprint density at radius 3 is 0.673 bits per heavy atom. The van der Waals surface area contributed by atoms with Gasteiger partial charge in [-0.3, -0.25) is 19.9 Å². The van der Waals surface area contributed by atoms with Crippen molar-refractivity contribution in [3.05, 3.63) is 401 Å². The summed E-state index contributed by atoms with van der Waals surface area (Å²) in [6.07, 6.45) is 7.22. The zero-order valence-electron chi connectivity index (χ0n) is 59.8. The van der Waals surface area contributed by atoms with Crippen LogP contribution in [-0.4, -0.2) is 29.9 Å². The third-order valence-electron chi connectivity index (χ3n) is 21.5. The van der Waals surface area contributed by atoms with Crippen molar-refractivity contribution in [2.24, 2.45) is 0 Å². The predicted octanol–water partition coefficient (Wildman–Crippen LogP) is 27.0. The van der Waals surface area contributed by atoms with Gasteiger partial charge in [-0.2, -0.15) is 0 Å². The van der Waals surface area contributed by atoms with Crippen LogP contribution in [0.1, 0.15) is 0 Å². The van der Waals surface area contributed by atoms with Crippen molar-refractivity contribution in [3.8, 4) is 190 Å². The molecule has 0 saturated heterocycles. The number of hydrogen-bond acceptors (Lipinski definition) is 6. The van der Waals surface area contributed by atoms with E-state index in [2.05, 4.69) is 323 Å². The third kappa shape index (κ3) is 11.8. The molecule has 0 spiro atoms. The quantitative estimate of drug-likeness (QED) is 0.114. The van der Waals surface area contributed by atoms with Crippen LogP contribution < -0.4 is 0 Å². The molecule has 6 heteroatoms. The van der Waals surface area contributed by atoms with Gasteiger partial charge in [0.15, 0.2) is 0 Å². The number of aromatic nitrogens is 6. The van der Waals surface area contributed by atoms with Gasteiger partial charge in [-0.25, -0.2) is 9.97 Å². The molecule has 0 N–H and O–H groups in total. The second kappa shape index (κ2) is 28.0. The highest BCUT2D eigenvalue weighted by Crippen LogP contribution is 2.59. The first-order valence-electron chi connectivity index (χ1n) is 37.3. The van der Waals surface area contributed by atoms with E-state index in [1.54, 1.807) is 12.4 Å². The molecule has 0 radical (unpaired) electrons. The zero-order valence-corrected chi connectivity index (χ0v) is 59.8. The lowest BCUT2D eigenvalue weighted by molar-refractivity contribution is 1.22. The van der Waals surface area contributed by atoms with Crippen LogP contribution in [0, 0.1) is 0 Å². The summed E-state index contributed by atoms with van der Waals surface area (Å²) in [6.45, 7) is 0. The van der Waals surface area contributed by atoms with E-state index >= 15 is 0 Å². The Hall–Kier alpha value is -14.7. The molecule has 0 unspecified atom stereocenters. The minimum atomic E-state index is 0.814. The topological polar surface area (TPSA) is 77.3 Å². The normalized spacial score (nSPS) is 11.5. The van der Waals surface area contributed by atoms with Crippen LogP contribution in [0.4, 0.5) is 0 Å². The Morgan fingerprint density at radius 1 is 0.136 bits per heavy atom. The van der Waals surface area contributed by atoms with E-state index in [-0.39, 0.29) is 0 Å². The molecule has 13 aromatic carbocycles. The SMILES string of the molecule is c1ccc(-c2cc(-c3ccc(-c4cc(-c5ccccn5)nc(-c5ccccn5)c4)cc3)c(-c3ccccc3)c3c2-c2cccc4cccc-3c24)cc1.c1ccc(-c2cc(-c3ccc(-c4ccc(-c5cc(-c6ccccn6)nc(-c6ccccn6)c5)cc4)cc3)c(-c3ccccc3)c3c2-c2cccc4cccc-3c24)cc1. The Kier molecular flexibility index (Phi) is 16.5. The minimum absolute atomic E-state index is 0.814. The van der Waals surface area contributed by atoms with Crippen molar-refractivity contribution < 1.29 is 0 Å². The summed E-state index contributed by atoms with van der Waals surface area (Å²) in [5, 5.41) is 5.19. The van der Waals surface area contributed by atoms with Gasteiger partial charge in [0.05, 0.1) is 45.6 Å². The highest BCUT2D eigenvalue weighted by molar-refractivity contribution is 6.24. The largest absolute Gasteiger partial charge is 0.255 e. The average molecular weight is 1400 g/mol. The summed E-state index contributed by atoms with van der Waals surface area (Å²) >= 11 is 0. The molecule has 110 heavy (non-hydrogen) atoms. The van der Waals surface area contributed by atoms with Gasteiger partial charge in [0.1, 0.15) is 0 Å². The number of pyridine rings is 6. The molecule has 6 nitrogen and oxygen atoms in total. The maximum absolute atomic E-state index is 4.99. The van der Waals surface area contributed by atoms with Gasteiger partial charge in [0.25, 0.3) is 0 Å². The van der Waals surface area contributed by atoms with Crippen molar-refractivity contribution in [1.82, 2.24) is 29.9 Å². The number of benzene rings is 13. The van der Waals surface area contributed by atoms with Crippen LogP contribution in [0.15, 0.2) is 401 Å². The van der Waals surface area contributed by atoms with Crippen molar-refractivity contribution in [1.29, 1.82) is 0 Å². The molecule has 0 saturated carbocycles. The standard InChI is InChI=1S/C55H35N3.C49H31N3/c1-3-13-39(14-4-1)47-35-46(53(42-15-5-2-6-16-42)55-45-20-12-18-41-17-11-19-44(52(41)45)54(47)55)40-29-27-37(28-30-40)36-23-25-38(26-24-36)43-33-50(48-21-7-9-31-56-48)58-51(34-43)49-22-8-10-32-57-49;1-3-13-33(14-4-1)41-31-40(47(36-15-5-2-6-16-36)49-39-20-12-18-35-17-11-19-38(46(35)39)48(41)49)34-25-23-32(24-26-34)37-29-44(42-21-7-9-27-50-42)52-45(30-37)43-22-8-10-28-51-43/h1-35H;1-31H. The summed E-state index contributed by atoms with van der Waals surface area (Å²) in [6, 6.07) is 134. The number of fused-ring (bicyclic) bond motifs is 6. The van der Waals surface area contributed by atoms with Gasteiger partial charge in [-0.1, -0.05) is 291 Å². The van der Waals surface area contributed by atoms with Gasteiger partial charge in [0.2, 0.25) is 0 Å². The lowest BCUT2D eigenvalue weighted by Gasteiger charge is -2.21. The molecule has 19 aromatic rings. The summed E-state index contributed by atoms with van der Waals surface area (Å²) in [5.41, 5.74) is 38.3. The summed E-state index contributed by atoms with van der Waals surface area (Å²) in [7, 11) is 0. The molecular formula is C104H66N6. The maximum atomic E-state index is 4.99. The fraction of sp³-hybridized carbons (Fsp3) is 0. The number of hydrogen-bond donors (Lipinski definition) is 0. The van der Waals surface area contributed by atoms with E-state index in [1.807, 2.05) is 85.2 Å². The van der Waals surface area contributed by atoms with E-state index < -0.39 is 0 Å². The highest BCUT2D eigenvalue weighted by Gasteiger charge is 2.33. The first-order valence-corrected chi connectivity index (χ1v) is 37.3. The van der Waals surface area contributed by atoms with Crippen molar-refractivity contribution >= 4 is 21.5 Å². The van der Waals surface area contributed by atoms with Crippen LogP contribution in [0.2, 0.25) is 0 Å². The molecule has 0 atom stereocenters. The smallest absolute Gasteiger partial charge is 0.0900 e. The zero-order chi connectivity index (χ0) is 72.9. The molecule has 6 aromatic heterocycles. The molecule has 2 aliphatic rings. The van der Waals surface area contributed by atoms with Gasteiger partial charge in [-0.15, -0.1) is 0 Å². The van der Waals surface area contributed by atoms with Gasteiger partial charge in [0, 0.05) is 24.8 Å². The Balaban J connectivity index is 0.000000145. The van der Waals surface area contributed by atoms with Crippen LogP contribution in [-0.2, 0) is 0 Å². The Bertz CT molecular complexity index is 6540. The monoisotopic (exact) mass is 1400 g/mol. The van der Waals surface area contributed by atoms with E-state index in [9.17, 15) is 0 Å². The molecule has 21 rings (SSSR count). The fourth-order valence-electron chi connectivity index (χ4n) is 16.5. The van der Waals surface area contributed by atoms with Crippen LogP contribution in [0.25, 0.3) is 212 Å². The van der Waals surface area contributed by atoms with E-state index in [4.69, 9.17) is 9.97 Å². The summed E-state index contributed by atoms with van der Waals surface area (Å²) in [4.78, 5) is 28.4. The van der Waals surface area contributed by atoms with E-state index in [1.165, 1.54) is 127 Å². The average Bonchev–Trinajstić information content (AvgIpc) is 1.55. The molecule has 0 bridgehead atoms. The first kappa shape index (κ1) is 64.8. The molecule has 0 aliphatic heterocycles. The fourth-order valence-corrected chi connectivity index (χ4v) is 16.5. The lowest BCUT2D eigenvalue weighted by Crippen LogP contribution is -1.95. The van der Waals surface area contributed by atoms with Crippen molar-refractivity contribution in [3.63, 3.8) is 0 Å². The summed E-state index contributed by atoms with van der Waals surface area (Å²) < 4.78 is 0. The van der Waals surface area contributed by atoms with Crippen LogP contribution >= 0.6 is 0 Å². The second-order valence-electron chi connectivity index (χ2n) is 27.9. The molecule has 512 valence electrons. The molecule has 0 amide bonds. The van der Waals surface area contributed by atoms with Crippen molar-refractivity contribution in [2.75, 3.05) is 0 Å². The van der Waals surface area contributed by atoms with Crippen LogP contribution in [0.5, 0.6) is 0 Å². The second-order valence-corrected chi connectivity index (χ2v) is 27.9. The summed E-state index contributed by atoms with van der Waals surface area (Å²) in [5.74, 6) is 0. The Labute approximate surface area is 638 Å². The maximum Gasteiger partial charge on any atom is 0.0900 e. The number of rotatable bonds is 13. The molecule has 6 heterocycles. The van der Waals surface area contributed by atoms with Gasteiger partial charge in [-0.05, 0) is 251 Å². The molecular weight excluding hydrogens is 1330 g/mol. The lowest BCUT2D eigenvalue weighted by atomic mass is 9.82. The first-order chi connectivity index (χ1) is 54.6. The predicted molar refractivity (Wildman–Crippen MR) is 454 cm³/mol. The highest BCUT2D eigenvalue weighted by atomic mass is 14.8. The molecule has 2 aliphatic carbocycles. The minimum Gasteiger partial charge on any atom is -0.255 e. The van der Waals surface area contributed by atoms with Gasteiger partial charge >= 0.3 is 0 Å². The Morgan fingerprint density at radius 2 is 0.382 bits per heavy atom. The number of nitrogens with zero attached hydrogens (tertiary/aromatic N) is 6. The van der Waals surface area contributed by atoms with Crippen molar-refractivity contribution in [2.45, 2.75) is 0 Å².